The van der Waals surface area contributed by atoms with E-state index in [0.717, 1.165) is 48.2 Å². The maximum Gasteiger partial charge on any atom is 0.227 e. The van der Waals surface area contributed by atoms with Crippen LogP contribution in [-0.4, -0.2) is 23.9 Å². The van der Waals surface area contributed by atoms with E-state index >= 15 is 0 Å². The lowest BCUT2D eigenvalue weighted by atomic mass is 9.95. The molecule has 3 rings (SSSR count). The van der Waals surface area contributed by atoms with Crippen molar-refractivity contribution in [2.24, 2.45) is 5.92 Å². The Morgan fingerprint density at radius 1 is 1.24 bits per heavy atom. The molecule has 0 saturated carbocycles. The van der Waals surface area contributed by atoms with E-state index in [-0.39, 0.29) is 11.8 Å². The third-order valence-corrected chi connectivity index (χ3v) is 5.86. The molecule has 0 unspecified atom stereocenters. The standard InChI is InChI=1S/C20H22BrIN2O/c1-14-11-18(22)5-6-19(14)23-20(25)16-7-9-24(10-8-16)13-15-3-2-4-17(21)12-15/h2-6,11-12,16H,7-10,13H2,1H3,(H,23,25). The summed E-state index contributed by atoms with van der Waals surface area (Å²) in [4.78, 5) is 15.0. The molecule has 1 amide bonds. The van der Waals surface area contributed by atoms with E-state index in [9.17, 15) is 4.79 Å². The van der Waals surface area contributed by atoms with Crippen molar-refractivity contribution in [2.45, 2.75) is 26.3 Å². The molecule has 0 bridgehead atoms. The fraction of sp³-hybridized carbons (Fsp3) is 0.350. The van der Waals surface area contributed by atoms with Crippen LogP contribution in [0.3, 0.4) is 0 Å². The molecule has 1 aliphatic heterocycles. The van der Waals surface area contributed by atoms with Crippen molar-refractivity contribution in [2.75, 3.05) is 18.4 Å². The zero-order chi connectivity index (χ0) is 17.8. The minimum Gasteiger partial charge on any atom is -0.326 e. The molecule has 1 aliphatic rings. The summed E-state index contributed by atoms with van der Waals surface area (Å²) in [6.07, 6.45) is 1.84. The number of nitrogens with one attached hydrogen (secondary N) is 1. The molecule has 1 N–H and O–H groups in total. The predicted molar refractivity (Wildman–Crippen MR) is 115 cm³/mol. The van der Waals surface area contributed by atoms with E-state index in [0.29, 0.717) is 0 Å². The van der Waals surface area contributed by atoms with Gasteiger partial charge in [0.1, 0.15) is 0 Å². The maximum absolute atomic E-state index is 12.6. The topological polar surface area (TPSA) is 32.3 Å². The van der Waals surface area contributed by atoms with E-state index in [1.807, 2.05) is 25.1 Å². The Morgan fingerprint density at radius 2 is 2.00 bits per heavy atom. The van der Waals surface area contributed by atoms with Crippen molar-refractivity contribution < 1.29 is 4.79 Å². The first-order chi connectivity index (χ1) is 12.0. The number of rotatable bonds is 4. The Kier molecular flexibility index (Phi) is 6.52. The van der Waals surface area contributed by atoms with Gasteiger partial charge in [0.05, 0.1) is 0 Å². The first-order valence-electron chi connectivity index (χ1n) is 8.55. The molecule has 1 saturated heterocycles. The van der Waals surface area contributed by atoms with Crippen molar-refractivity contribution in [1.29, 1.82) is 0 Å². The molecule has 0 atom stereocenters. The lowest BCUT2D eigenvalue weighted by molar-refractivity contribution is -0.121. The summed E-state index contributed by atoms with van der Waals surface area (Å²) < 4.78 is 2.31. The van der Waals surface area contributed by atoms with Crippen LogP contribution in [0.15, 0.2) is 46.9 Å². The second kappa shape index (κ2) is 8.64. The van der Waals surface area contributed by atoms with E-state index in [4.69, 9.17) is 0 Å². The van der Waals surface area contributed by atoms with Gasteiger partial charge < -0.3 is 5.32 Å². The summed E-state index contributed by atoms with van der Waals surface area (Å²) >= 11 is 5.82. The fourth-order valence-electron chi connectivity index (χ4n) is 3.25. The lowest BCUT2D eigenvalue weighted by Crippen LogP contribution is -2.37. The van der Waals surface area contributed by atoms with Gasteiger partial charge in [0.25, 0.3) is 0 Å². The van der Waals surface area contributed by atoms with Gasteiger partial charge >= 0.3 is 0 Å². The fourth-order valence-corrected chi connectivity index (χ4v) is 4.34. The van der Waals surface area contributed by atoms with Gasteiger partial charge in [0.15, 0.2) is 0 Å². The molecule has 0 radical (unpaired) electrons. The summed E-state index contributed by atoms with van der Waals surface area (Å²) in [5, 5.41) is 3.11. The number of aryl methyl sites for hydroxylation is 1. The Bertz CT molecular complexity index is 757. The van der Waals surface area contributed by atoms with E-state index in [1.54, 1.807) is 0 Å². The maximum atomic E-state index is 12.6. The number of amides is 1. The average Bonchev–Trinajstić information content (AvgIpc) is 2.58. The number of benzene rings is 2. The van der Waals surface area contributed by atoms with Crippen LogP contribution in [0.25, 0.3) is 0 Å². The van der Waals surface area contributed by atoms with Crippen LogP contribution in [0.5, 0.6) is 0 Å². The monoisotopic (exact) mass is 512 g/mol. The number of likely N-dealkylation sites (tertiary alicyclic amines) is 1. The van der Waals surface area contributed by atoms with Crippen LogP contribution >= 0.6 is 38.5 Å². The second-order valence-electron chi connectivity index (χ2n) is 6.63. The Morgan fingerprint density at radius 3 is 2.68 bits per heavy atom. The SMILES string of the molecule is Cc1cc(I)ccc1NC(=O)C1CCN(Cc2cccc(Br)c2)CC1. The first-order valence-corrected chi connectivity index (χ1v) is 10.4. The molecular weight excluding hydrogens is 491 g/mol. The third-order valence-electron chi connectivity index (χ3n) is 4.70. The minimum absolute atomic E-state index is 0.109. The molecular formula is C20H22BrIN2O. The Balaban J connectivity index is 1.52. The molecule has 1 heterocycles. The molecule has 0 aromatic heterocycles. The second-order valence-corrected chi connectivity index (χ2v) is 8.79. The zero-order valence-electron chi connectivity index (χ0n) is 14.3. The number of hydrogen-bond donors (Lipinski definition) is 1. The summed E-state index contributed by atoms with van der Waals surface area (Å²) in [5.74, 6) is 0.267. The summed E-state index contributed by atoms with van der Waals surface area (Å²) in [5.41, 5.74) is 3.36. The third kappa shape index (κ3) is 5.28. The van der Waals surface area contributed by atoms with Gasteiger partial charge in [-0.05, 0) is 96.9 Å². The molecule has 1 fully saturated rings. The molecule has 132 valence electrons. The number of piperidine rings is 1. The lowest BCUT2D eigenvalue weighted by Gasteiger charge is -2.31. The summed E-state index contributed by atoms with van der Waals surface area (Å²) in [6, 6.07) is 14.6. The first kappa shape index (κ1) is 18.9. The van der Waals surface area contributed by atoms with Gasteiger partial charge in [-0.3, -0.25) is 9.69 Å². The van der Waals surface area contributed by atoms with Gasteiger partial charge in [0, 0.05) is 26.2 Å². The highest BCUT2D eigenvalue weighted by Gasteiger charge is 2.25. The predicted octanol–water partition coefficient (Wildman–Crippen LogP) is 5.21. The normalized spacial score (nSPS) is 16.0. The molecule has 25 heavy (non-hydrogen) atoms. The van der Waals surface area contributed by atoms with Crippen molar-refractivity contribution >= 4 is 50.1 Å². The van der Waals surface area contributed by atoms with Crippen molar-refractivity contribution in [3.05, 3.63) is 61.6 Å². The van der Waals surface area contributed by atoms with Gasteiger partial charge in [-0.2, -0.15) is 0 Å². The summed E-state index contributed by atoms with van der Waals surface area (Å²) in [6.45, 7) is 4.93. The van der Waals surface area contributed by atoms with Crippen LogP contribution in [-0.2, 0) is 11.3 Å². The van der Waals surface area contributed by atoms with E-state index < -0.39 is 0 Å². The molecule has 2 aromatic carbocycles. The molecule has 3 nitrogen and oxygen atoms in total. The Labute approximate surface area is 171 Å². The largest absolute Gasteiger partial charge is 0.326 e. The number of carbonyl (C=O) groups is 1. The number of carbonyl (C=O) groups excluding carboxylic acids is 1. The highest BCUT2D eigenvalue weighted by atomic mass is 127. The van der Waals surface area contributed by atoms with E-state index in [1.165, 1.54) is 9.13 Å². The van der Waals surface area contributed by atoms with Crippen LogP contribution in [0, 0.1) is 16.4 Å². The quantitative estimate of drug-likeness (QED) is 0.570. The minimum atomic E-state index is 0.109. The number of nitrogens with zero attached hydrogens (tertiary/aromatic N) is 1. The van der Waals surface area contributed by atoms with Crippen LogP contribution in [0.4, 0.5) is 5.69 Å². The van der Waals surface area contributed by atoms with Crippen LogP contribution in [0.2, 0.25) is 0 Å². The summed E-state index contributed by atoms with van der Waals surface area (Å²) in [7, 11) is 0. The van der Waals surface area contributed by atoms with Crippen molar-refractivity contribution in [3.8, 4) is 0 Å². The molecule has 0 spiro atoms. The highest BCUT2D eigenvalue weighted by molar-refractivity contribution is 14.1. The molecule has 2 aromatic rings. The van der Waals surface area contributed by atoms with Crippen molar-refractivity contribution in [1.82, 2.24) is 4.90 Å². The van der Waals surface area contributed by atoms with Crippen LogP contribution in [0.1, 0.15) is 24.0 Å². The van der Waals surface area contributed by atoms with Gasteiger partial charge in [0.2, 0.25) is 5.91 Å². The number of anilines is 1. The highest BCUT2D eigenvalue weighted by Crippen LogP contribution is 2.23. The zero-order valence-corrected chi connectivity index (χ0v) is 18.0. The number of hydrogen-bond acceptors (Lipinski definition) is 2. The molecule has 0 aliphatic carbocycles. The van der Waals surface area contributed by atoms with Gasteiger partial charge in [-0.25, -0.2) is 0 Å². The number of halogens is 2. The van der Waals surface area contributed by atoms with E-state index in [2.05, 4.69) is 73.0 Å². The average molecular weight is 513 g/mol. The van der Waals surface area contributed by atoms with Gasteiger partial charge in [-0.1, -0.05) is 28.1 Å². The van der Waals surface area contributed by atoms with Gasteiger partial charge in [-0.15, -0.1) is 0 Å². The molecule has 5 heteroatoms. The smallest absolute Gasteiger partial charge is 0.227 e. The van der Waals surface area contributed by atoms with Crippen LogP contribution < -0.4 is 5.32 Å². The van der Waals surface area contributed by atoms with Crippen molar-refractivity contribution in [3.63, 3.8) is 0 Å². The Hall–Kier alpha value is -0.920.